The van der Waals surface area contributed by atoms with Gasteiger partial charge in [0.05, 0.1) is 19.0 Å². The van der Waals surface area contributed by atoms with E-state index in [0.29, 0.717) is 24.5 Å². The Kier molecular flexibility index (Phi) is 3.38. The van der Waals surface area contributed by atoms with Gasteiger partial charge in [-0.05, 0) is 12.1 Å². The van der Waals surface area contributed by atoms with Crippen LogP contribution in [0.2, 0.25) is 0 Å². The first-order valence-corrected chi connectivity index (χ1v) is 3.88. The lowest BCUT2D eigenvalue weighted by atomic mass is 10.3. The van der Waals surface area contributed by atoms with Crippen molar-refractivity contribution in [3.63, 3.8) is 0 Å². The van der Waals surface area contributed by atoms with Gasteiger partial charge in [0, 0.05) is 6.42 Å². The first-order chi connectivity index (χ1) is 5.84. The number of anilines is 1. The fraction of sp³-hybridized carbons (Fsp3) is 0.333. The van der Waals surface area contributed by atoms with E-state index in [1.165, 1.54) is 0 Å². The normalized spacial score (nSPS) is 9.75. The molecule has 0 saturated carbocycles. The van der Waals surface area contributed by atoms with E-state index in [1.807, 2.05) is 12.1 Å². The number of hydrogen-bond donors (Lipinski definition) is 1. The molecular weight excluding hydrogens is 157 g/mol. The predicted octanol–water partition coefficient (Wildman–Crippen LogP) is 2.01. The Morgan fingerprint density at radius 1 is 1.33 bits per heavy atom. The Morgan fingerprint density at radius 2 is 2.08 bits per heavy atom. The molecular formula is C9H12FNO. The zero-order valence-electron chi connectivity index (χ0n) is 6.79. The molecule has 0 fully saturated rings. The van der Waals surface area contributed by atoms with Gasteiger partial charge in [-0.25, -0.2) is 0 Å². The fourth-order valence-corrected chi connectivity index (χ4v) is 0.849. The summed E-state index contributed by atoms with van der Waals surface area (Å²) in [5, 5.41) is 0. The molecule has 2 nitrogen and oxygen atoms in total. The standard InChI is InChI=1S/C9H12FNO/c10-6-3-7-12-9-5-2-1-4-8(9)11/h1-2,4-5H,3,6-7,11H2. The molecule has 1 aromatic carbocycles. The third-order valence-corrected chi connectivity index (χ3v) is 1.45. The lowest BCUT2D eigenvalue weighted by Gasteiger charge is -2.06. The van der Waals surface area contributed by atoms with Crippen molar-refractivity contribution in [1.29, 1.82) is 0 Å². The van der Waals surface area contributed by atoms with Gasteiger partial charge >= 0.3 is 0 Å². The highest BCUT2D eigenvalue weighted by Crippen LogP contribution is 2.19. The van der Waals surface area contributed by atoms with Crippen LogP contribution in [-0.2, 0) is 0 Å². The molecule has 1 rings (SSSR count). The minimum absolute atomic E-state index is 0.354. The van der Waals surface area contributed by atoms with Gasteiger partial charge in [-0.15, -0.1) is 0 Å². The van der Waals surface area contributed by atoms with Crippen LogP contribution < -0.4 is 10.5 Å². The van der Waals surface area contributed by atoms with Gasteiger partial charge in [0.15, 0.2) is 0 Å². The maximum atomic E-state index is 11.7. The number of nitrogens with two attached hydrogens (primary N) is 1. The summed E-state index contributed by atoms with van der Waals surface area (Å²) in [5.74, 6) is 0.631. The molecule has 0 unspecified atom stereocenters. The molecule has 0 saturated heterocycles. The Bertz CT molecular complexity index is 240. The minimum atomic E-state index is -0.354. The molecule has 0 heterocycles. The zero-order valence-corrected chi connectivity index (χ0v) is 6.79. The van der Waals surface area contributed by atoms with E-state index in [-0.39, 0.29) is 6.67 Å². The van der Waals surface area contributed by atoms with Gasteiger partial charge in [-0.2, -0.15) is 0 Å². The Balaban J connectivity index is 2.46. The zero-order chi connectivity index (χ0) is 8.81. The second-order valence-electron chi connectivity index (χ2n) is 2.43. The van der Waals surface area contributed by atoms with E-state index < -0.39 is 0 Å². The quantitative estimate of drug-likeness (QED) is 0.552. The lowest BCUT2D eigenvalue weighted by molar-refractivity contribution is 0.291. The largest absolute Gasteiger partial charge is 0.491 e. The van der Waals surface area contributed by atoms with Crippen LogP contribution in [0.1, 0.15) is 6.42 Å². The van der Waals surface area contributed by atoms with E-state index in [4.69, 9.17) is 10.5 Å². The van der Waals surface area contributed by atoms with Crippen LogP contribution in [-0.4, -0.2) is 13.3 Å². The maximum absolute atomic E-state index is 11.7. The van der Waals surface area contributed by atoms with E-state index in [9.17, 15) is 4.39 Å². The number of hydrogen-bond acceptors (Lipinski definition) is 2. The Morgan fingerprint density at radius 3 is 2.75 bits per heavy atom. The van der Waals surface area contributed by atoms with Gasteiger partial charge in [-0.1, -0.05) is 12.1 Å². The molecule has 0 aliphatic rings. The summed E-state index contributed by atoms with van der Waals surface area (Å²) in [4.78, 5) is 0. The predicted molar refractivity (Wildman–Crippen MR) is 46.9 cm³/mol. The number of alkyl halides is 1. The molecule has 0 aromatic heterocycles. The average molecular weight is 169 g/mol. The second kappa shape index (κ2) is 4.59. The van der Waals surface area contributed by atoms with E-state index in [2.05, 4.69) is 0 Å². The molecule has 0 atom stereocenters. The molecule has 3 heteroatoms. The van der Waals surface area contributed by atoms with Gasteiger partial charge in [0.1, 0.15) is 5.75 Å². The first-order valence-electron chi connectivity index (χ1n) is 3.88. The van der Waals surface area contributed by atoms with E-state index in [0.717, 1.165) is 0 Å². The van der Waals surface area contributed by atoms with Crippen LogP contribution in [0.5, 0.6) is 5.75 Å². The van der Waals surface area contributed by atoms with Crippen LogP contribution in [0.15, 0.2) is 24.3 Å². The number of benzene rings is 1. The number of para-hydroxylation sites is 2. The number of nitrogen functional groups attached to an aromatic ring is 1. The first kappa shape index (κ1) is 8.84. The van der Waals surface area contributed by atoms with Crippen molar-refractivity contribution >= 4 is 5.69 Å². The number of ether oxygens (including phenoxy) is 1. The highest BCUT2D eigenvalue weighted by Gasteiger charge is 1.96. The van der Waals surface area contributed by atoms with Crippen molar-refractivity contribution in [1.82, 2.24) is 0 Å². The average Bonchev–Trinajstić information content (AvgIpc) is 2.09. The summed E-state index contributed by atoms with van der Waals surface area (Å²) in [6.45, 7) is 0.0252. The summed E-state index contributed by atoms with van der Waals surface area (Å²) >= 11 is 0. The van der Waals surface area contributed by atoms with Crippen molar-refractivity contribution in [2.24, 2.45) is 0 Å². The van der Waals surface area contributed by atoms with Gasteiger partial charge in [-0.3, -0.25) is 4.39 Å². The van der Waals surface area contributed by atoms with Crippen molar-refractivity contribution < 1.29 is 9.13 Å². The molecule has 0 bridgehead atoms. The van der Waals surface area contributed by atoms with E-state index in [1.54, 1.807) is 12.1 Å². The number of rotatable bonds is 4. The van der Waals surface area contributed by atoms with Crippen molar-refractivity contribution in [2.45, 2.75) is 6.42 Å². The summed E-state index contributed by atoms with van der Waals surface area (Å²) in [6, 6.07) is 7.19. The SMILES string of the molecule is Nc1ccccc1OCCCF. The topological polar surface area (TPSA) is 35.2 Å². The smallest absolute Gasteiger partial charge is 0.142 e. The summed E-state index contributed by atoms with van der Waals surface area (Å²) in [6.07, 6.45) is 0.411. The molecule has 12 heavy (non-hydrogen) atoms. The van der Waals surface area contributed by atoms with Crippen LogP contribution in [0.25, 0.3) is 0 Å². The highest BCUT2D eigenvalue weighted by molar-refractivity contribution is 5.51. The van der Waals surface area contributed by atoms with Gasteiger partial charge < -0.3 is 10.5 Å². The van der Waals surface area contributed by atoms with Crippen LogP contribution in [0.4, 0.5) is 10.1 Å². The van der Waals surface area contributed by atoms with Gasteiger partial charge in [0.25, 0.3) is 0 Å². The molecule has 0 spiro atoms. The molecule has 0 aliphatic carbocycles. The highest BCUT2D eigenvalue weighted by atomic mass is 19.1. The van der Waals surface area contributed by atoms with Crippen molar-refractivity contribution in [3.05, 3.63) is 24.3 Å². The van der Waals surface area contributed by atoms with Gasteiger partial charge in [0.2, 0.25) is 0 Å². The molecule has 0 amide bonds. The minimum Gasteiger partial charge on any atom is -0.491 e. The molecule has 0 radical (unpaired) electrons. The lowest BCUT2D eigenvalue weighted by Crippen LogP contribution is -2.00. The summed E-state index contributed by atoms with van der Waals surface area (Å²) < 4.78 is 16.9. The van der Waals surface area contributed by atoms with Crippen LogP contribution in [0.3, 0.4) is 0 Å². The molecule has 0 aliphatic heterocycles. The molecule has 2 N–H and O–H groups in total. The maximum Gasteiger partial charge on any atom is 0.142 e. The third-order valence-electron chi connectivity index (χ3n) is 1.45. The van der Waals surface area contributed by atoms with Crippen molar-refractivity contribution in [3.8, 4) is 5.75 Å². The van der Waals surface area contributed by atoms with E-state index >= 15 is 0 Å². The Labute approximate surface area is 71.1 Å². The second-order valence-corrected chi connectivity index (χ2v) is 2.43. The summed E-state index contributed by atoms with van der Waals surface area (Å²) in [7, 11) is 0. The Hall–Kier alpha value is -1.25. The van der Waals surface area contributed by atoms with Crippen LogP contribution in [0, 0.1) is 0 Å². The summed E-state index contributed by atoms with van der Waals surface area (Å²) in [5.41, 5.74) is 6.18. The third kappa shape index (κ3) is 2.42. The number of halogens is 1. The monoisotopic (exact) mass is 169 g/mol. The molecule has 66 valence electrons. The fourth-order valence-electron chi connectivity index (χ4n) is 0.849. The van der Waals surface area contributed by atoms with Crippen LogP contribution >= 0.6 is 0 Å². The molecule has 1 aromatic rings. The van der Waals surface area contributed by atoms with Crippen molar-refractivity contribution in [2.75, 3.05) is 19.0 Å².